The first-order valence-corrected chi connectivity index (χ1v) is 20.0. The number of unbranched alkanes of at least 4 members (excludes halogenated alkanes) is 2. The number of rotatable bonds is 13. The molecular weight excluding hydrogens is 684 g/mol. The Bertz CT molecular complexity index is 1800. The van der Waals surface area contributed by atoms with Gasteiger partial charge in [-0.25, -0.2) is 8.42 Å². The molecule has 250 valence electrons. The van der Waals surface area contributed by atoms with Crippen molar-refractivity contribution in [1.29, 1.82) is 0 Å². The molecule has 5 rings (SSSR count). The molecule has 2 heterocycles. The number of hydrogen-bond donors (Lipinski definition) is 1. The second-order valence-corrected chi connectivity index (χ2v) is 16.9. The van der Waals surface area contributed by atoms with Gasteiger partial charge in [0.2, 0.25) is 5.52 Å². The third kappa shape index (κ3) is 10.9. The molecule has 1 aliphatic carbocycles. The van der Waals surface area contributed by atoms with Gasteiger partial charge in [-0.1, -0.05) is 41.7 Å². The van der Waals surface area contributed by atoms with Gasteiger partial charge in [-0.2, -0.15) is 13.0 Å². The van der Waals surface area contributed by atoms with E-state index >= 15 is 0 Å². The van der Waals surface area contributed by atoms with Crippen molar-refractivity contribution in [3.05, 3.63) is 82.2 Å². The fraction of sp³-hybridized carbons (Fsp3) is 0.500. The zero-order valence-corrected chi connectivity index (χ0v) is 33.1. The molecule has 1 spiro atoms. The minimum absolute atomic E-state index is 0. The van der Waals surface area contributed by atoms with Crippen LogP contribution in [0.25, 0.3) is 16.3 Å². The molecule has 0 bridgehead atoms. The van der Waals surface area contributed by atoms with Gasteiger partial charge in [0.1, 0.15) is 10.3 Å². The fourth-order valence-electron chi connectivity index (χ4n) is 6.59. The van der Waals surface area contributed by atoms with Crippen molar-refractivity contribution in [3.8, 4) is 0 Å². The summed E-state index contributed by atoms with van der Waals surface area (Å²) >= 11 is 1.66. The summed E-state index contributed by atoms with van der Waals surface area (Å²) in [7, 11) is -8.24. The number of fused-ring (bicyclic) bond motifs is 1. The Hall–Kier alpha value is -1.13. The number of hydrogen-bond acceptors (Lipinski definition) is 8. The zero-order valence-electron chi connectivity index (χ0n) is 27.6. The molecule has 1 N–H and O–H groups in total. The predicted octanol–water partition coefficient (Wildman–Crippen LogP) is 3.09. The summed E-state index contributed by atoms with van der Waals surface area (Å²) in [4.78, 5) is 2.20. The van der Waals surface area contributed by atoms with E-state index in [0.717, 1.165) is 53.3 Å². The summed E-state index contributed by atoms with van der Waals surface area (Å²) in [6.45, 7) is 6.12. The smallest absolute Gasteiger partial charge is 0.748 e. The molecule has 1 saturated heterocycles. The summed E-state index contributed by atoms with van der Waals surface area (Å²) in [6.07, 6.45) is 11.8. The second kappa shape index (κ2) is 16.7. The van der Waals surface area contributed by atoms with E-state index in [0.29, 0.717) is 44.7 Å². The number of thiazole rings is 1. The molecule has 1 aromatic heterocycles. The molecule has 13 heteroatoms. The molecule has 9 nitrogen and oxygen atoms in total. The third-order valence-electron chi connectivity index (χ3n) is 9.21. The van der Waals surface area contributed by atoms with E-state index < -0.39 is 20.2 Å². The van der Waals surface area contributed by atoms with Gasteiger partial charge in [0.05, 0.1) is 22.4 Å². The summed E-state index contributed by atoms with van der Waals surface area (Å²) in [5.74, 6) is 0.657. The average Bonchev–Trinajstić information content (AvgIpc) is 3.50. The summed E-state index contributed by atoms with van der Waals surface area (Å²) in [5, 5.41) is 1.01. The molecule has 2 aliphatic rings. The Balaban J connectivity index is 0.00000500. The van der Waals surface area contributed by atoms with Crippen LogP contribution in [0.1, 0.15) is 79.0 Å². The van der Waals surface area contributed by atoms with E-state index in [1.807, 2.05) is 24.3 Å². The van der Waals surface area contributed by atoms with Crippen LogP contribution in [0.2, 0.25) is 0 Å². The molecule has 3 aromatic rings. The molecule has 0 radical (unpaired) electrons. The normalized spacial score (nSPS) is 21.1. The number of ether oxygens (including phenoxy) is 1. The molecule has 0 unspecified atom stereocenters. The zero-order chi connectivity index (χ0) is 33.0. The summed E-state index contributed by atoms with van der Waals surface area (Å²) in [5.41, 5.74) is 4.54. The minimum atomic E-state index is -4.24. The Kier molecular flexibility index (Phi) is 13.8. The average molecular weight is 728 g/mol. The van der Waals surface area contributed by atoms with E-state index in [1.165, 1.54) is 16.7 Å². The molecule has 47 heavy (non-hydrogen) atoms. The number of benzene rings is 2. The van der Waals surface area contributed by atoms with E-state index in [1.54, 1.807) is 11.3 Å². The van der Waals surface area contributed by atoms with Gasteiger partial charge in [0.15, 0.2) is 12.4 Å². The Morgan fingerprint density at radius 1 is 1.02 bits per heavy atom. The van der Waals surface area contributed by atoms with Crippen LogP contribution >= 0.6 is 11.3 Å². The van der Waals surface area contributed by atoms with Crippen LogP contribution in [0.5, 0.6) is 0 Å². The number of aryl methyl sites for hydroxylation is 3. The van der Waals surface area contributed by atoms with Crippen LogP contribution in [0.4, 0.5) is 0 Å². The van der Waals surface area contributed by atoms with Crippen molar-refractivity contribution in [2.75, 3.05) is 24.6 Å². The van der Waals surface area contributed by atoms with Crippen LogP contribution < -0.4 is 56.0 Å². The molecule has 1 aliphatic heterocycles. The van der Waals surface area contributed by atoms with E-state index in [2.05, 4.69) is 59.7 Å². The van der Waals surface area contributed by atoms with Gasteiger partial charge in [0.25, 0.3) is 15.1 Å². The molecule has 1 saturated carbocycles. The maximum absolute atomic E-state index is 11.3. The van der Waals surface area contributed by atoms with Crippen molar-refractivity contribution in [2.24, 2.45) is 0 Å². The summed E-state index contributed by atoms with van der Waals surface area (Å²) in [6, 6.07) is 15.0. The quantitative estimate of drug-likeness (QED) is 0.123. The van der Waals surface area contributed by atoms with E-state index in [9.17, 15) is 25.9 Å². The maximum Gasteiger partial charge on any atom is 1.00 e. The first-order valence-electron chi connectivity index (χ1n) is 16.0. The first-order chi connectivity index (χ1) is 21.8. The minimum Gasteiger partial charge on any atom is -0.748 e. The Labute approximate surface area is 326 Å². The van der Waals surface area contributed by atoms with Gasteiger partial charge in [0, 0.05) is 30.9 Å². The van der Waals surface area contributed by atoms with Gasteiger partial charge in [-0.3, -0.25) is 4.55 Å². The molecule has 0 amide bonds. The number of allylic oxidation sites excluding steroid dienone is 2. The van der Waals surface area contributed by atoms with Crippen molar-refractivity contribution in [2.45, 2.75) is 83.3 Å². The predicted molar refractivity (Wildman–Crippen MR) is 181 cm³/mol. The van der Waals surface area contributed by atoms with Crippen LogP contribution in [0.15, 0.2) is 60.5 Å². The van der Waals surface area contributed by atoms with Gasteiger partial charge in [-0.05, 0) is 99.6 Å². The number of nitrogens with zero attached hydrogens (tertiary/aromatic N) is 2. The van der Waals surface area contributed by atoms with Crippen molar-refractivity contribution in [1.82, 2.24) is 4.90 Å². The SMILES string of the molecule is Cc1cc2sc(/C=C/C=C3\OC4(CCC(c5ccccc5)CC4)CN3CCCCS(=O)(=O)O)[n+](CCCCS(=O)(=O)[O-])c2cc1C.[K+]. The molecule has 2 fully saturated rings. The topological polar surface area (TPSA) is 128 Å². The first kappa shape index (κ1) is 38.7. The van der Waals surface area contributed by atoms with Crippen molar-refractivity contribution in [3.63, 3.8) is 0 Å². The van der Waals surface area contributed by atoms with Crippen LogP contribution in [-0.4, -0.2) is 61.0 Å². The molecule has 2 aromatic carbocycles. The van der Waals surface area contributed by atoms with Crippen LogP contribution in [0.3, 0.4) is 0 Å². The standard InChI is InChI=1S/C34H44N2O7S3.K/c1-26-23-30-31(24-27(26)2)44-33(36(30)20-7-9-22-46(40,41)42)14-10-13-32-35(19-6-8-21-45(37,38)39)25-34(43-32)17-15-29(16-18-34)28-11-4-3-5-12-28;/h3-5,10-14,23-24,29H,6-9,15-22,25H2,1-2H3,(H-,37,38,39,40,41,42);/q;+1. The number of aromatic nitrogens is 1. The molecular formula is C34H44KN2O7S3+. The maximum atomic E-state index is 11.3. The Morgan fingerprint density at radius 3 is 2.38 bits per heavy atom. The monoisotopic (exact) mass is 727 g/mol. The second-order valence-electron chi connectivity index (χ2n) is 12.7. The Morgan fingerprint density at radius 2 is 1.70 bits per heavy atom. The third-order valence-corrected chi connectivity index (χ3v) is 11.9. The van der Waals surface area contributed by atoms with Crippen LogP contribution in [-0.2, 0) is 31.5 Å². The largest absolute Gasteiger partial charge is 1.00 e. The van der Waals surface area contributed by atoms with E-state index in [-0.39, 0.29) is 68.5 Å². The molecule has 0 atom stereocenters. The van der Waals surface area contributed by atoms with Crippen molar-refractivity contribution < 1.29 is 86.6 Å². The van der Waals surface area contributed by atoms with E-state index in [4.69, 9.17) is 4.74 Å². The van der Waals surface area contributed by atoms with Crippen molar-refractivity contribution >= 4 is 47.9 Å². The van der Waals surface area contributed by atoms with Gasteiger partial charge in [-0.15, -0.1) is 0 Å². The fourth-order valence-corrected chi connectivity index (χ4v) is 8.90. The van der Waals surface area contributed by atoms with Crippen LogP contribution in [0, 0.1) is 13.8 Å². The van der Waals surface area contributed by atoms with Gasteiger partial charge < -0.3 is 14.2 Å². The van der Waals surface area contributed by atoms with Gasteiger partial charge >= 0.3 is 51.4 Å². The summed E-state index contributed by atoms with van der Waals surface area (Å²) < 4.78 is 75.2.